The van der Waals surface area contributed by atoms with Gasteiger partial charge in [0.15, 0.2) is 5.69 Å². The summed E-state index contributed by atoms with van der Waals surface area (Å²) in [4.78, 5) is 0. The molecule has 4 rings (SSSR count). The first-order valence-electron chi connectivity index (χ1n) is 10.3. The van der Waals surface area contributed by atoms with Crippen molar-refractivity contribution < 1.29 is 22.6 Å². The summed E-state index contributed by atoms with van der Waals surface area (Å²) in [6.07, 6.45) is 1.23. The molecule has 3 aromatic rings. The molecule has 0 radical (unpaired) electrons. The Bertz CT molecular complexity index is 1200. The van der Waals surface area contributed by atoms with Crippen LogP contribution < -0.4 is 9.47 Å². The highest BCUT2D eigenvalue weighted by molar-refractivity contribution is 6.25. The number of benzene rings is 2. The lowest BCUT2D eigenvalue weighted by Crippen LogP contribution is -2.16. The third kappa shape index (κ3) is 5.09. The molecule has 0 N–H and O–H groups in total. The molecular weight excluding hydrogens is 453 g/mol. The second-order valence-corrected chi connectivity index (χ2v) is 8.20. The van der Waals surface area contributed by atoms with Crippen LogP contribution in [-0.4, -0.2) is 22.3 Å². The number of hydrogen-bond acceptors (Lipinski definition) is 3. The van der Waals surface area contributed by atoms with Crippen LogP contribution in [0.4, 0.5) is 13.2 Å². The van der Waals surface area contributed by atoms with Gasteiger partial charge in [-0.05, 0) is 55.3 Å². The number of alkyl halides is 4. The molecule has 0 fully saturated rings. The minimum absolute atomic E-state index is 0.0964. The lowest BCUT2D eigenvalue weighted by atomic mass is 10.0. The molecular formula is C25H22ClF3N2O2. The fourth-order valence-electron chi connectivity index (χ4n) is 3.61. The van der Waals surface area contributed by atoms with Crippen LogP contribution in [0.3, 0.4) is 0 Å². The first kappa shape index (κ1) is 23.0. The van der Waals surface area contributed by atoms with Crippen molar-refractivity contribution in [3.05, 3.63) is 83.7 Å². The number of ether oxygens (including phenoxy) is 2. The lowest BCUT2D eigenvalue weighted by molar-refractivity contribution is -0.141. The van der Waals surface area contributed by atoms with E-state index in [9.17, 15) is 13.2 Å². The van der Waals surface area contributed by atoms with Crippen molar-refractivity contribution in [3.8, 4) is 22.6 Å². The fraction of sp³-hybridized carbons (Fsp3) is 0.240. The Kier molecular flexibility index (Phi) is 6.51. The Balaban J connectivity index is 1.57. The van der Waals surface area contributed by atoms with E-state index in [0.717, 1.165) is 28.5 Å². The molecule has 8 heteroatoms. The van der Waals surface area contributed by atoms with Crippen LogP contribution in [0.1, 0.15) is 23.4 Å². The minimum atomic E-state index is -4.57. The Morgan fingerprint density at radius 2 is 1.88 bits per heavy atom. The molecule has 0 saturated carbocycles. The van der Waals surface area contributed by atoms with Crippen LogP contribution >= 0.6 is 11.6 Å². The van der Waals surface area contributed by atoms with Gasteiger partial charge in [-0.15, -0.1) is 11.6 Å². The van der Waals surface area contributed by atoms with Crippen molar-refractivity contribution in [2.75, 3.05) is 7.11 Å². The number of aromatic nitrogens is 2. The Labute approximate surface area is 194 Å². The van der Waals surface area contributed by atoms with Crippen molar-refractivity contribution in [1.29, 1.82) is 0 Å². The molecule has 1 unspecified atom stereocenters. The molecule has 0 amide bonds. The van der Waals surface area contributed by atoms with Gasteiger partial charge < -0.3 is 9.47 Å². The van der Waals surface area contributed by atoms with Crippen LogP contribution in [0.25, 0.3) is 16.8 Å². The van der Waals surface area contributed by atoms with E-state index in [1.165, 1.54) is 4.68 Å². The van der Waals surface area contributed by atoms with E-state index in [1.807, 2.05) is 43.3 Å². The molecule has 172 valence electrons. The zero-order valence-electron chi connectivity index (χ0n) is 18.1. The molecule has 2 aromatic carbocycles. The number of allylic oxidation sites excluding steroid dienone is 4. The van der Waals surface area contributed by atoms with E-state index in [-0.39, 0.29) is 12.3 Å². The van der Waals surface area contributed by atoms with Gasteiger partial charge in [0.2, 0.25) is 0 Å². The first-order valence-corrected chi connectivity index (χ1v) is 10.7. The normalized spacial score (nSPS) is 15.9. The zero-order valence-corrected chi connectivity index (χ0v) is 18.8. The molecule has 33 heavy (non-hydrogen) atoms. The summed E-state index contributed by atoms with van der Waals surface area (Å²) in [5.74, 6) is 1.27. The summed E-state index contributed by atoms with van der Waals surface area (Å²) in [6, 6.07) is 14.2. The maximum atomic E-state index is 13.3. The minimum Gasteiger partial charge on any atom is -0.496 e. The predicted molar refractivity (Wildman–Crippen MR) is 122 cm³/mol. The maximum absolute atomic E-state index is 13.3. The third-order valence-electron chi connectivity index (χ3n) is 5.29. The average Bonchev–Trinajstić information content (AvgIpc) is 3.23. The topological polar surface area (TPSA) is 36.3 Å². The highest BCUT2D eigenvalue weighted by Crippen LogP contribution is 2.34. The summed E-state index contributed by atoms with van der Waals surface area (Å²) >= 11 is 6.33. The van der Waals surface area contributed by atoms with E-state index in [2.05, 4.69) is 5.10 Å². The third-order valence-corrected chi connectivity index (χ3v) is 5.69. The van der Waals surface area contributed by atoms with Gasteiger partial charge >= 0.3 is 6.18 Å². The number of methoxy groups -OCH3 is 1. The van der Waals surface area contributed by atoms with E-state index in [0.29, 0.717) is 17.9 Å². The van der Waals surface area contributed by atoms with Crippen molar-refractivity contribution in [1.82, 2.24) is 9.78 Å². The molecule has 1 aromatic heterocycles. The van der Waals surface area contributed by atoms with Gasteiger partial charge in [-0.2, -0.15) is 18.3 Å². The average molecular weight is 475 g/mol. The number of nitrogens with zero attached hydrogens (tertiary/aromatic N) is 2. The van der Waals surface area contributed by atoms with Crippen molar-refractivity contribution in [2.24, 2.45) is 0 Å². The first-order chi connectivity index (χ1) is 15.8. The van der Waals surface area contributed by atoms with Crippen LogP contribution in [0.2, 0.25) is 0 Å². The summed E-state index contributed by atoms with van der Waals surface area (Å²) < 4.78 is 52.4. The van der Waals surface area contributed by atoms with E-state index in [1.54, 1.807) is 31.4 Å². The largest absolute Gasteiger partial charge is 0.496 e. The van der Waals surface area contributed by atoms with Crippen molar-refractivity contribution >= 4 is 17.3 Å². The molecule has 0 saturated heterocycles. The van der Waals surface area contributed by atoms with E-state index < -0.39 is 17.2 Å². The molecule has 1 aliphatic carbocycles. The van der Waals surface area contributed by atoms with Crippen LogP contribution in [-0.2, 0) is 12.8 Å². The second-order valence-electron chi connectivity index (χ2n) is 7.67. The van der Waals surface area contributed by atoms with Crippen LogP contribution in [0.5, 0.6) is 11.5 Å². The van der Waals surface area contributed by atoms with E-state index >= 15 is 0 Å². The molecule has 1 atom stereocenters. The number of aryl methyl sites for hydroxylation is 1. The number of halogens is 4. The van der Waals surface area contributed by atoms with Gasteiger partial charge in [0.1, 0.15) is 18.1 Å². The lowest BCUT2D eigenvalue weighted by Gasteiger charge is -2.18. The van der Waals surface area contributed by atoms with Gasteiger partial charge in [-0.1, -0.05) is 35.9 Å². The SMILES string of the molecule is COc1ccc(C)cc1-c1ccc(OCc2cc(C(F)(F)F)nn2C2=CC=CCC2Cl)cc1. The number of hydrogen-bond donors (Lipinski definition) is 0. The zero-order chi connectivity index (χ0) is 23.6. The van der Waals surface area contributed by atoms with Crippen LogP contribution in [0.15, 0.2) is 66.8 Å². The molecule has 0 aliphatic heterocycles. The van der Waals surface area contributed by atoms with Crippen molar-refractivity contribution in [3.63, 3.8) is 0 Å². The van der Waals surface area contributed by atoms with Gasteiger partial charge in [0.25, 0.3) is 0 Å². The summed E-state index contributed by atoms with van der Waals surface area (Å²) in [5.41, 5.74) is 2.75. The maximum Gasteiger partial charge on any atom is 0.435 e. The second kappa shape index (κ2) is 9.35. The Morgan fingerprint density at radius 3 is 2.55 bits per heavy atom. The summed E-state index contributed by atoms with van der Waals surface area (Å²) in [7, 11) is 1.62. The highest BCUT2D eigenvalue weighted by Gasteiger charge is 2.36. The fourth-order valence-corrected chi connectivity index (χ4v) is 3.88. The molecule has 0 spiro atoms. The highest BCUT2D eigenvalue weighted by atomic mass is 35.5. The molecule has 4 nitrogen and oxygen atoms in total. The smallest absolute Gasteiger partial charge is 0.435 e. The van der Waals surface area contributed by atoms with Gasteiger partial charge in [0, 0.05) is 5.56 Å². The molecule has 1 aliphatic rings. The Hall–Kier alpha value is -3.19. The van der Waals surface area contributed by atoms with Crippen molar-refractivity contribution in [2.45, 2.75) is 31.5 Å². The quantitative estimate of drug-likeness (QED) is 0.366. The van der Waals surface area contributed by atoms with E-state index in [4.69, 9.17) is 21.1 Å². The molecule has 1 heterocycles. The number of rotatable bonds is 6. The van der Waals surface area contributed by atoms with Gasteiger partial charge in [-0.25, -0.2) is 4.68 Å². The summed E-state index contributed by atoms with van der Waals surface area (Å²) in [5, 5.41) is 3.29. The van der Waals surface area contributed by atoms with Gasteiger partial charge in [-0.3, -0.25) is 0 Å². The molecule has 0 bridgehead atoms. The monoisotopic (exact) mass is 474 g/mol. The van der Waals surface area contributed by atoms with Gasteiger partial charge in [0.05, 0.1) is 23.9 Å². The summed E-state index contributed by atoms with van der Waals surface area (Å²) in [6.45, 7) is 1.91. The Morgan fingerprint density at radius 1 is 1.12 bits per heavy atom. The van der Waals surface area contributed by atoms with Crippen LogP contribution in [0, 0.1) is 6.92 Å². The predicted octanol–water partition coefficient (Wildman–Crippen LogP) is 6.87. The standard InChI is InChI=1S/C25H22ClF3N2O2/c1-16-7-12-23(32-2)20(13-16)17-8-10-19(11-9-17)33-15-18-14-24(25(27,28)29)30-31(18)22-6-4-3-5-21(22)26/h3-4,6-14,21H,5,15H2,1-2H3.